The van der Waals surface area contributed by atoms with Crippen LogP contribution in [0.25, 0.3) is 11.5 Å². The van der Waals surface area contributed by atoms with Gasteiger partial charge in [-0.15, -0.1) is 22.0 Å². The standard InChI is InChI=1S/C24H29N3O3S/c1-27-14-5-8-21(13-15-27)29-22-11-9-19(10-12-22)24-26-25-23(30-24)18-31-17-16-28-20-6-3-2-4-7-20/h2-4,6-7,9-12,21H,5,8,13-18H2,1H3. The summed E-state index contributed by atoms with van der Waals surface area (Å²) in [6.07, 6.45) is 3.64. The lowest BCUT2D eigenvalue weighted by Gasteiger charge is -2.17. The Hall–Kier alpha value is -2.51. The van der Waals surface area contributed by atoms with Crippen LogP contribution in [0.5, 0.6) is 11.5 Å². The molecule has 0 aliphatic carbocycles. The Morgan fingerprint density at radius 1 is 1.00 bits per heavy atom. The molecule has 1 fully saturated rings. The lowest BCUT2D eigenvalue weighted by Crippen LogP contribution is -2.21. The third-order valence-electron chi connectivity index (χ3n) is 5.23. The third kappa shape index (κ3) is 6.74. The van der Waals surface area contributed by atoms with Crippen molar-refractivity contribution >= 4 is 11.8 Å². The molecule has 3 aromatic rings. The van der Waals surface area contributed by atoms with E-state index in [1.807, 2.05) is 54.6 Å². The van der Waals surface area contributed by atoms with Crippen molar-refractivity contribution in [2.45, 2.75) is 31.1 Å². The first-order valence-electron chi connectivity index (χ1n) is 10.8. The van der Waals surface area contributed by atoms with Crippen LogP contribution in [-0.2, 0) is 5.75 Å². The lowest BCUT2D eigenvalue weighted by molar-refractivity contribution is 0.183. The van der Waals surface area contributed by atoms with Gasteiger partial charge in [0.15, 0.2) is 0 Å². The van der Waals surface area contributed by atoms with E-state index < -0.39 is 0 Å². The van der Waals surface area contributed by atoms with Crippen LogP contribution in [0.15, 0.2) is 59.0 Å². The fourth-order valence-electron chi connectivity index (χ4n) is 3.52. The van der Waals surface area contributed by atoms with Gasteiger partial charge in [-0.3, -0.25) is 0 Å². The third-order valence-corrected chi connectivity index (χ3v) is 6.14. The van der Waals surface area contributed by atoms with Gasteiger partial charge < -0.3 is 18.8 Å². The quantitative estimate of drug-likeness (QED) is 0.439. The smallest absolute Gasteiger partial charge is 0.247 e. The topological polar surface area (TPSA) is 60.6 Å². The van der Waals surface area contributed by atoms with Crippen molar-refractivity contribution in [1.29, 1.82) is 0 Å². The van der Waals surface area contributed by atoms with Crippen molar-refractivity contribution in [2.24, 2.45) is 0 Å². The van der Waals surface area contributed by atoms with Crippen molar-refractivity contribution in [3.05, 3.63) is 60.5 Å². The molecule has 1 aromatic heterocycles. The van der Waals surface area contributed by atoms with E-state index in [1.165, 1.54) is 6.42 Å². The second-order valence-electron chi connectivity index (χ2n) is 7.71. The fourth-order valence-corrected chi connectivity index (χ4v) is 4.16. The molecule has 1 atom stereocenters. The Balaban J connectivity index is 1.22. The number of rotatable bonds is 9. The summed E-state index contributed by atoms with van der Waals surface area (Å²) >= 11 is 1.71. The number of nitrogens with zero attached hydrogens (tertiary/aromatic N) is 3. The van der Waals surface area contributed by atoms with Crippen LogP contribution < -0.4 is 9.47 Å². The van der Waals surface area contributed by atoms with Crippen molar-refractivity contribution in [3.8, 4) is 23.0 Å². The van der Waals surface area contributed by atoms with Gasteiger partial charge in [0.25, 0.3) is 0 Å². The van der Waals surface area contributed by atoms with E-state index in [9.17, 15) is 0 Å². The largest absolute Gasteiger partial charge is 0.493 e. The van der Waals surface area contributed by atoms with E-state index in [-0.39, 0.29) is 6.10 Å². The normalized spacial score (nSPS) is 17.3. The number of benzene rings is 2. The van der Waals surface area contributed by atoms with Crippen LogP contribution in [0.2, 0.25) is 0 Å². The van der Waals surface area contributed by atoms with Gasteiger partial charge in [-0.25, -0.2) is 0 Å². The van der Waals surface area contributed by atoms with E-state index in [2.05, 4.69) is 22.1 Å². The van der Waals surface area contributed by atoms with Crippen LogP contribution in [0.3, 0.4) is 0 Å². The molecule has 1 saturated heterocycles. The zero-order chi connectivity index (χ0) is 21.3. The van der Waals surface area contributed by atoms with Gasteiger partial charge >= 0.3 is 0 Å². The van der Waals surface area contributed by atoms with Crippen molar-refractivity contribution in [1.82, 2.24) is 15.1 Å². The van der Waals surface area contributed by atoms with Crippen molar-refractivity contribution < 1.29 is 13.9 Å². The molecule has 1 aliphatic rings. The van der Waals surface area contributed by atoms with E-state index >= 15 is 0 Å². The van der Waals surface area contributed by atoms with Gasteiger partial charge in [-0.05, 0) is 69.3 Å². The molecule has 0 bridgehead atoms. The first kappa shape index (κ1) is 21.7. The molecule has 0 amide bonds. The summed E-state index contributed by atoms with van der Waals surface area (Å²) < 4.78 is 17.7. The van der Waals surface area contributed by atoms with E-state index in [0.29, 0.717) is 24.1 Å². The number of aromatic nitrogens is 2. The predicted octanol–water partition coefficient (Wildman–Crippen LogP) is 4.91. The Bertz CT molecular complexity index is 917. The molecule has 2 aromatic carbocycles. The number of hydrogen-bond acceptors (Lipinski definition) is 7. The van der Waals surface area contributed by atoms with E-state index in [4.69, 9.17) is 13.9 Å². The summed E-state index contributed by atoms with van der Waals surface area (Å²) in [5, 5.41) is 8.36. The molecule has 7 heteroatoms. The van der Waals surface area contributed by atoms with Crippen molar-refractivity contribution in [2.75, 3.05) is 32.5 Å². The maximum Gasteiger partial charge on any atom is 0.247 e. The van der Waals surface area contributed by atoms with Crippen LogP contribution >= 0.6 is 11.8 Å². The number of thioether (sulfide) groups is 1. The van der Waals surface area contributed by atoms with Crippen LogP contribution in [-0.4, -0.2) is 53.7 Å². The minimum atomic E-state index is 0.286. The molecule has 0 radical (unpaired) electrons. The maximum absolute atomic E-state index is 6.18. The average Bonchev–Trinajstić information content (AvgIpc) is 3.18. The molecule has 4 rings (SSSR count). The Morgan fingerprint density at radius 3 is 2.68 bits per heavy atom. The molecule has 0 saturated carbocycles. The fraction of sp³-hybridized carbons (Fsp3) is 0.417. The lowest BCUT2D eigenvalue weighted by atomic mass is 10.1. The van der Waals surface area contributed by atoms with Gasteiger partial charge in [0.1, 0.15) is 11.5 Å². The minimum absolute atomic E-state index is 0.286. The molecule has 164 valence electrons. The molecular formula is C24H29N3O3S. The number of likely N-dealkylation sites (tertiary alicyclic amines) is 1. The first-order valence-corrected chi connectivity index (χ1v) is 12.0. The van der Waals surface area contributed by atoms with E-state index in [0.717, 1.165) is 48.7 Å². The van der Waals surface area contributed by atoms with Gasteiger partial charge in [0.05, 0.1) is 18.5 Å². The molecule has 1 unspecified atom stereocenters. The highest BCUT2D eigenvalue weighted by Gasteiger charge is 2.16. The summed E-state index contributed by atoms with van der Waals surface area (Å²) in [7, 11) is 2.17. The summed E-state index contributed by atoms with van der Waals surface area (Å²) in [5.41, 5.74) is 0.907. The van der Waals surface area contributed by atoms with Gasteiger partial charge in [0, 0.05) is 17.9 Å². The van der Waals surface area contributed by atoms with Crippen LogP contribution in [0.4, 0.5) is 0 Å². The van der Waals surface area contributed by atoms with E-state index in [1.54, 1.807) is 11.8 Å². The highest BCUT2D eigenvalue weighted by atomic mass is 32.2. The summed E-state index contributed by atoms with van der Waals surface area (Å²) in [6.45, 7) is 2.88. The summed E-state index contributed by atoms with van der Waals surface area (Å²) in [4.78, 5) is 2.37. The van der Waals surface area contributed by atoms with Crippen LogP contribution in [0.1, 0.15) is 25.2 Å². The molecule has 0 N–H and O–H groups in total. The zero-order valence-electron chi connectivity index (χ0n) is 17.9. The number of ether oxygens (including phenoxy) is 2. The maximum atomic E-state index is 6.18. The minimum Gasteiger partial charge on any atom is -0.493 e. The Kier molecular flexibility index (Phi) is 7.85. The molecule has 0 spiro atoms. The van der Waals surface area contributed by atoms with Gasteiger partial charge in [-0.2, -0.15) is 0 Å². The number of para-hydroxylation sites is 1. The second-order valence-corrected chi connectivity index (χ2v) is 8.82. The molecular weight excluding hydrogens is 410 g/mol. The summed E-state index contributed by atoms with van der Waals surface area (Å²) in [5.74, 6) is 4.48. The molecule has 6 nitrogen and oxygen atoms in total. The zero-order valence-corrected chi connectivity index (χ0v) is 18.7. The number of hydrogen-bond donors (Lipinski definition) is 0. The summed E-state index contributed by atoms with van der Waals surface area (Å²) in [6, 6.07) is 17.8. The SMILES string of the molecule is CN1CCCC(Oc2ccc(-c3nnc(CSCCOc4ccccc4)o3)cc2)CC1. The predicted molar refractivity (Wildman–Crippen MR) is 124 cm³/mol. The highest BCUT2D eigenvalue weighted by molar-refractivity contribution is 7.98. The van der Waals surface area contributed by atoms with Crippen LogP contribution in [0, 0.1) is 0 Å². The molecule has 2 heterocycles. The van der Waals surface area contributed by atoms with Gasteiger partial charge in [0.2, 0.25) is 11.8 Å². The molecule has 1 aliphatic heterocycles. The average molecular weight is 440 g/mol. The second kappa shape index (κ2) is 11.2. The van der Waals surface area contributed by atoms with Crippen molar-refractivity contribution in [3.63, 3.8) is 0 Å². The monoisotopic (exact) mass is 439 g/mol. The highest BCUT2D eigenvalue weighted by Crippen LogP contribution is 2.25. The Labute approximate surface area is 188 Å². The Morgan fingerprint density at radius 2 is 1.84 bits per heavy atom. The first-order chi connectivity index (χ1) is 15.3. The molecule has 31 heavy (non-hydrogen) atoms. The van der Waals surface area contributed by atoms with Gasteiger partial charge in [-0.1, -0.05) is 18.2 Å².